The van der Waals surface area contributed by atoms with Crippen LogP contribution in [0.2, 0.25) is 0 Å². The van der Waals surface area contributed by atoms with Crippen LogP contribution in [0.4, 0.5) is 4.39 Å². The van der Waals surface area contributed by atoms with Gasteiger partial charge in [-0.1, -0.05) is 0 Å². The third kappa shape index (κ3) is 4.04. The van der Waals surface area contributed by atoms with Crippen LogP contribution in [0.15, 0.2) is 23.1 Å². The summed E-state index contributed by atoms with van der Waals surface area (Å²) in [7, 11) is -7.41. The lowest BCUT2D eigenvalue weighted by Crippen LogP contribution is -2.50. The number of amides is 2. The van der Waals surface area contributed by atoms with E-state index in [-0.39, 0.29) is 41.6 Å². The van der Waals surface area contributed by atoms with Crippen molar-refractivity contribution in [2.75, 3.05) is 37.7 Å². The molecule has 2 amide bonds. The van der Waals surface area contributed by atoms with Crippen molar-refractivity contribution in [2.45, 2.75) is 23.5 Å². The van der Waals surface area contributed by atoms with Gasteiger partial charge in [-0.15, -0.1) is 0 Å². The van der Waals surface area contributed by atoms with Crippen LogP contribution in [0.3, 0.4) is 0 Å². The highest BCUT2D eigenvalue weighted by Crippen LogP contribution is 2.27. The zero-order chi connectivity index (χ0) is 20.7. The van der Waals surface area contributed by atoms with Crippen molar-refractivity contribution in [2.24, 2.45) is 0 Å². The molecule has 1 atom stereocenters. The standard InChI is InChI=1S/C17H21FN2O6S2/c1-12(21)19-5-7-20(8-6-19)17(22)15-10-13(2-3-16(15)18)28(25,26)14-4-9-27(23,24)11-14/h2-3,10,14H,4-9,11H2,1H3. The summed E-state index contributed by atoms with van der Waals surface area (Å²) in [6.45, 7) is 2.50. The fourth-order valence-corrected chi connectivity index (χ4v) is 7.82. The lowest BCUT2D eigenvalue weighted by Gasteiger charge is -2.34. The Labute approximate surface area is 163 Å². The molecular weight excluding hydrogens is 411 g/mol. The molecule has 0 aromatic heterocycles. The number of carbonyl (C=O) groups is 2. The maximum absolute atomic E-state index is 14.3. The highest BCUT2D eigenvalue weighted by molar-refractivity contribution is 7.96. The molecule has 11 heteroatoms. The van der Waals surface area contributed by atoms with Crippen LogP contribution in [-0.4, -0.2) is 81.4 Å². The van der Waals surface area contributed by atoms with Crippen LogP contribution < -0.4 is 0 Å². The number of hydrogen-bond donors (Lipinski definition) is 0. The van der Waals surface area contributed by atoms with Crippen molar-refractivity contribution in [3.63, 3.8) is 0 Å². The minimum Gasteiger partial charge on any atom is -0.339 e. The van der Waals surface area contributed by atoms with Crippen LogP contribution in [0.5, 0.6) is 0 Å². The van der Waals surface area contributed by atoms with E-state index >= 15 is 0 Å². The molecule has 0 N–H and O–H groups in total. The molecule has 1 aromatic carbocycles. The van der Waals surface area contributed by atoms with Crippen molar-refractivity contribution in [1.82, 2.24) is 9.80 Å². The monoisotopic (exact) mass is 432 g/mol. The number of nitrogens with zero attached hydrogens (tertiary/aromatic N) is 2. The molecule has 2 fully saturated rings. The van der Waals surface area contributed by atoms with Gasteiger partial charge < -0.3 is 9.80 Å². The van der Waals surface area contributed by atoms with Gasteiger partial charge in [0.25, 0.3) is 5.91 Å². The second-order valence-corrected chi connectivity index (χ2v) is 11.5. The summed E-state index contributed by atoms with van der Waals surface area (Å²) in [6.07, 6.45) is -0.0155. The smallest absolute Gasteiger partial charge is 0.256 e. The number of benzene rings is 1. The second kappa shape index (κ2) is 7.43. The molecule has 0 radical (unpaired) electrons. The van der Waals surface area contributed by atoms with Crippen LogP contribution in [0, 0.1) is 5.82 Å². The Balaban J connectivity index is 1.84. The summed E-state index contributed by atoms with van der Waals surface area (Å²) in [5, 5.41) is -1.09. The SMILES string of the molecule is CC(=O)N1CCN(C(=O)c2cc(S(=O)(=O)C3CCS(=O)(=O)C3)ccc2F)CC1. The van der Waals surface area contributed by atoms with Crippen molar-refractivity contribution in [3.05, 3.63) is 29.6 Å². The highest BCUT2D eigenvalue weighted by Gasteiger charge is 2.38. The van der Waals surface area contributed by atoms with Gasteiger partial charge in [-0.25, -0.2) is 21.2 Å². The summed E-state index contributed by atoms with van der Waals surface area (Å²) in [5.74, 6) is -2.29. The van der Waals surface area contributed by atoms with Gasteiger partial charge in [-0.05, 0) is 24.6 Å². The van der Waals surface area contributed by atoms with Crippen LogP contribution in [0.25, 0.3) is 0 Å². The largest absolute Gasteiger partial charge is 0.339 e. The van der Waals surface area contributed by atoms with E-state index < -0.39 is 42.4 Å². The molecule has 3 rings (SSSR count). The Morgan fingerprint density at radius 3 is 2.25 bits per heavy atom. The summed E-state index contributed by atoms with van der Waals surface area (Å²) in [4.78, 5) is 26.7. The Morgan fingerprint density at radius 2 is 1.71 bits per heavy atom. The molecule has 8 nitrogen and oxygen atoms in total. The quantitative estimate of drug-likeness (QED) is 0.627. The van der Waals surface area contributed by atoms with Crippen molar-refractivity contribution in [3.8, 4) is 0 Å². The molecule has 1 unspecified atom stereocenters. The first-order chi connectivity index (χ1) is 13.0. The van der Waals surface area contributed by atoms with Gasteiger partial charge in [-0.3, -0.25) is 9.59 Å². The van der Waals surface area contributed by atoms with E-state index in [0.717, 1.165) is 18.2 Å². The summed E-state index contributed by atoms with van der Waals surface area (Å²) < 4.78 is 63.0. The fourth-order valence-electron chi connectivity index (χ4n) is 3.44. The molecule has 0 bridgehead atoms. The van der Waals surface area contributed by atoms with E-state index in [1.54, 1.807) is 4.90 Å². The van der Waals surface area contributed by atoms with E-state index in [4.69, 9.17) is 0 Å². The maximum atomic E-state index is 14.3. The molecule has 2 aliphatic rings. The molecule has 2 heterocycles. The predicted molar refractivity (Wildman–Crippen MR) is 98.8 cm³/mol. The lowest BCUT2D eigenvalue weighted by molar-refractivity contribution is -0.130. The van der Waals surface area contributed by atoms with Gasteiger partial charge in [-0.2, -0.15) is 0 Å². The van der Waals surface area contributed by atoms with Gasteiger partial charge in [0.1, 0.15) is 5.82 Å². The number of sulfone groups is 2. The third-order valence-corrected chi connectivity index (χ3v) is 9.31. The number of hydrogen-bond acceptors (Lipinski definition) is 6. The van der Waals surface area contributed by atoms with E-state index in [1.165, 1.54) is 11.8 Å². The highest BCUT2D eigenvalue weighted by atomic mass is 32.2. The average Bonchev–Trinajstić information content (AvgIpc) is 3.02. The van der Waals surface area contributed by atoms with Crippen LogP contribution >= 0.6 is 0 Å². The Bertz CT molecular complexity index is 1010. The summed E-state index contributed by atoms with van der Waals surface area (Å²) in [6, 6.07) is 2.95. The number of rotatable bonds is 3. The average molecular weight is 432 g/mol. The number of piperazine rings is 1. The summed E-state index contributed by atoms with van der Waals surface area (Å²) in [5.41, 5.74) is -0.377. The molecular formula is C17H21FN2O6S2. The minimum absolute atomic E-state index is 0.0155. The summed E-state index contributed by atoms with van der Waals surface area (Å²) >= 11 is 0. The Hall–Kier alpha value is -2.01. The molecule has 1 aromatic rings. The van der Waals surface area contributed by atoms with Gasteiger partial charge in [0, 0.05) is 33.1 Å². The first-order valence-electron chi connectivity index (χ1n) is 8.80. The molecule has 154 valence electrons. The molecule has 0 spiro atoms. The van der Waals surface area contributed by atoms with E-state index in [2.05, 4.69) is 0 Å². The van der Waals surface area contributed by atoms with E-state index in [9.17, 15) is 30.8 Å². The number of halogens is 1. The Kier molecular flexibility index (Phi) is 5.50. The zero-order valence-electron chi connectivity index (χ0n) is 15.3. The maximum Gasteiger partial charge on any atom is 0.256 e. The van der Waals surface area contributed by atoms with Crippen molar-refractivity contribution in [1.29, 1.82) is 0 Å². The van der Waals surface area contributed by atoms with Gasteiger partial charge >= 0.3 is 0 Å². The second-order valence-electron chi connectivity index (χ2n) is 7.01. The predicted octanol–water partition coefficient (Wildman–Crippen LogP) is 0.0908. The number of carbonyl (C=O) groups excluding carboxylic acids is 2. The zero-order valence-corrected chi connectivity index (χ0v) is 16.9. The van der Waals surface area contributed by atoms with Crippen LogP contribution in [-0.2, 0) is 24.5 Å². The van der Waals surface area contributed by atoms with Gasteiger partial charge in [0.15, 0.2) is 19.7 Å². The third-order valence-electron chi connectivity index (χ3n) is 5.14. The van der Waals surface area contributed by atoms with Crippen LogP contribution in [0.1, 0.15) is 23.7 Å². The van der Waals surface area contributed by atoms with Crippen molar-refractivity contribution < 1.29 is 30.8 Å². The van der Waals surface area contributed by atoms with Crippen molar-refractivity contribution >= 4 is 31.5 Å². The van der Waals surface area contributed by atoms with E-state index in [0.29, 0.717) is 13.1 Å². The fraction of sp³-hybridized carbons (Fsp3) is 0.529. The van der Waals surface area contributed by atoms with Gasteiger partial charge in [0.05, 0.1) is 27.2 Å². The lowest BCUT2D eigenvalue weighted by atomic mass is 10.1. The molecule has 2 aliphatic heterocycles. The molecule has 0 saturated carbocycles. The normalized spacial score (nSPS) is 22.3. The van der Waals surface area contributed by atoms with Gasteiger partial charge in [0.2, 0.25) is 5.91 Å². The first-order valence-corrected chi connectivity index (χ1v) is 12.2. The van der Waals surface area contributed by atoms with E-state index in [1.807, 2.05) is 0 Å². The topological polar surface area (TPSA) is 109 Å². The Morgan fingerprint density at radius 1 is 1.11 bits per heavy atom. The minimum atomic E-state index is -4.00. The first kappa shape index (κ1) is 20.7. The molecule has 0 aliphatic carbocycles. The molecule has 28 heavy (non-hydrogen) atoms. The molecule has 2 saturated heterocycles.